The Morgan fingerprint density at radius 3 is 2.68 bits per heavy atom. The van der Waals surface area contributed by atoms with E-state index in [9.17, 15) is 4.79 Å². The van der Waals surface area contributed by atoms with Crippen LogP contribution in [0.1, 0.15) is 46.2 Å². The molecular formula is C23H26N4O. The van der Waals surface area contributed by atoms with Crippen LogP contribution in [-0.4, -0.2) is 27.5 Å². The summed E-state index contributed by atoms with van der Waals surface area (Å²) in [7, 11) is 2.02. The van der Waals surface area contributed by atoms with E-state index in [2.05, 4.69) is 39.5 Å². The minimum atomic E-state index is 0.00645. The summed E-state index contributed by atoms with van der Waals surface area (Å²) in [6, 6.07) is 10.8. The lowest BCUT2D eigenvalue weighted by molar-refractivity contribution is 0.0954. The smallest absolute Gasteiger partial charge is 0.251 e. The first-order chi connectivity index (χ1) is 13.5. The average Bonchev–Trinajstić information content (AvgIpc) is 3.18. The number of carbonyl (C=O) groups is 1. The van der Waals surface area contributed by atoms with Gasteiger partial charge in [-0.15, -0.1) is 0 Å². The third-order valence-electron chi connectivity index (χ3n) is 6.51. The summed E-state index contributed by atoms with van der Waals surface area (Å²) in [5.74, 6) is 0.966. The molecule has 0 fully saturated rings. The van der Waals surface area contributed by atoms with E-state index in [0.717, 1.165) is 59.4 Å². The number of carbonyl (C=O) groups excluding carboxylic acids is 1. The minimum Gasteiger partial charge on any atom is -0.377 e. The number of aryl methyl sites for hydroxylation is 2. The van der Waals surface area contributed by atoms with Gasteiger partial charge in [0.1, 0.15) is 11.3 Å². The highest BCUT2D eigenvalue weighted by molar-refractivity contribution is 6.04. The highest BCUT2D eigenvalue weighted by Crippen LogP contribution is 2.44. The van der Waals surface area contributed by atoms with E-state index < -0.39 is 0 Å². The monoisotopic (exact) mass is 374 g/mol. The number of hydrogen-bond acceptors (Lipinski definition) is 3. The van der Waals surface area contributed by atoms with Crippen molar-refractivity contribution in [3.8, 4) is 0 Å². The first-order valence-electron chi connectivity index (χ1n) is 10.1. The Labute approximate surface area is 165 Å². The van der Waals surface area contributed by atoms with Gasteiger partial charge in [-0.05, 0) is 62.3 Å². The van der Waals surface area contributed by atoms with E-state index in [1.54, 1.807) is 0 Å². The van der Waals surface area contributed by atoms with Crippen LogP contribution in [0, 0.1) is 6.92 Å². The van der Waals surface area contributed by atoms with Crippen LogP contribution in [-0.2, 0) is 26.3 Å². The van der Waals surface area contributed by atoms with Gasteiger partial charge in [0.2, 0.25) is 0 Å². The van der Waals surface area contributed by atoms with Crippen molar-refractivity contribution in [3.05, 3.63) is 58.4 Å². The predicted octanol–water partition coefficient (Wildman–Crippen LogP) is 3.53. The van der Waals surface area contributed by atoms with Gasteiger partial charge in [-0.1, -0.05) is 24.3 Å². The van der Waals surface area contributed by atoms with Crippen LogP contribution in [0.5, 0.6) is 0 Å². The zero-order valence-electron chi connectivity index (χ0n) is 16.7. The molecule has 28 heavy (non-hydrogen) atoms. The van der Waals surface area contributed by atoms with Crippen LogP contribution >= 0.6 is 0 Å². The Balaban J connectivity index is 1.66. The van der Waals surface area contributed by atoms with E-state index in [-0.39, 0.29) is 11.4 Å². The number of nitrogens with zero attached hydrogens (tertiary/aromatic N) is 2. The molecule has 2 heterocycles. The molecule has 5 heteroatoms. The SMILES string of the molecule is CCNC(=O)c1cc2c(nc(C)n2C)c2c1CCC1(Cc3ccccc3C1)N2. The largest absolute Gasteiger partial charge is 0.377 e. The number of hydrogen-bond donors (Lipinski definition) is 2. The molecule has 1 spiro atoms. The number of benzene rings is 2. The topological polar surface area (TPSA) is 59.0 Å². The molecule has 0 unspecified atom stereocenters. The molecule has 2 aliphatic rings. The maximum Gasteiger partial charge on any atom is 0.251 e. The van der Waals surface area contributed by atoms with Crippen molar-refractivity contribution in [1.82, 2.24) is 14.9 Å². The Hall–Kier alpha value is -2.82. The van der Waals surface area contributed by atoms with Gasteiger partial charge in [0.25, 0.3) is 5.91 Å². The highest BCUT2D eigenvalue weighted by Gasteiger charge is 2.41. The third kappa shape index (κ3) is 2.45. The van der Waals surface area contributed by atoms with E-state index in [1.165, 1.54) is 11.1 Å². The average molecular weight is 374 g/mol. The Morgan fingerprint density at radius 1 is 1.29 bits per heavy atom. The molecule has 0 atom stereocenters. The number of nitrogens with one attached hydrogen (secondary N) is 2. The minimum absolute atomic E-state index is 0.00645. The van der Waals surface area contributed by atoms with Crippen LogP contribution in [0.2, 0.25) is 0 Å². The fraction of sp³-hybridized carbons (Fsp3) is 0.391. The van der Waals surface area contributed by atoms with Crippen molar-refractivity contribution in [2.24, 2.45) is 7.05 Å². The van der Waals surface area contributed by atoms with Crippen LogP contribution in [0.25, 0.3) is 11.0 Å². The Kier molecular flexibility index (Phi) is 3.76. The summed E-state index contributed by atoms with van der Waals surface area (Å²) in [5, 5.41) is 6.87. The number of aromatic nitrogens is 2. The zero-order valence-corrected chi connectivity index (χ0v) is 16.7. The lowest BCUT2D eigenvalue weighted by Crippen LogP contribution is -2.43. The van der Waals surface area contributed by atoms with Gasteiger partial charge in [-0.2, -0.15) is 0 Å². The number of fused-ring (bicyclic) bond motifs is 4. The molecule has 3 aromatic rings. The first kappa shape index (κ1) is 17.3. The van der Waals surface area contributed by atoms with E-state index in [4.69, 9.17) is 4.98 Å². The molecule has 1 aliphatic heterocycles. The van der Waals surface area contributed by atoms with Crippen molar-refractivity contribution in [2.45, 2.75) is 45.1 Å². The third-order valence-corrected chi connectivity index (χ3v) is 6.51. The van der Waals surface area contributed by atoms with E-state index in [1.807, 2.05) is 27.0 Å². The van der Waals surface area contributed by atoms with Crippen LogP contribution in [0.15, 0.2) is 30.3 Å². The lowest BCUT2D eigenvalue weighted by Gasteiger charge is -2.38. The molecule has 0 saturated carbocycles. The van der Waals surface area contributed by atoms with Gasteiger partial charge in [-0.25, -0.2) is 4.98 Å². The number of rotatable bonds is 2. The maximum absolute atomic E-state index is 12.8. The molecule has 1 amide bonds. The van der Waals surface area contributed by atoms with Crippen LogP contribution < -0.4 is 10.6 Å². The van der Waals surface area contributed by atoms with Gasteiger partial charge in [0.05, 0.1) is 11.2 Å². The summed E-state index contributed by atoms with van der Waals surface area (Å²) in [6.45, 7) is 4.60. The van der Waals surface area contributed by atoms with Crippen LogP contribution in [0.4, 0.5) is 5.69 Å². The second-order valence-corrected chi connectivity index (χ2v) is 8.25. The van der Waals surface area contributed by atoms with Crippen molar-refractivity contribution in [3.63, 3.8) is 0 Å². The van der Waals surface area contributed by atoms with Gasteiger partial charge < -0.3 is 15.2 Å². The van der Waals surface area contributed by atoms with Crippen molar-refractivity contribution >= 4 is 22.6 Å². The molecule has 1 aliphatic carbocycles. The standard InChI is InChI=1S/C23H26N4O/c1-4-24-22(28)18-11-19-21(25-14(2)27(19)3)20-17(18)9-10-23(26-20)12-15-7-5-6-8-16(15)13-23/h5-8,11,26H,4,9-10,12-13H2,1-3H3,(H,24,28). The molecule has 2 aromatic carbocycles. The second-order valence-electron chi connectivity index (χ2n) is 8.25. The molecule has 1 aromatic heterocycles. The van der Waals surface area contributed by atoms with Crippen molar-refractivity contribution in [2.75, 3.05) is 11.9 Å². The van der Waals surface area contributed by atoms with Gasteiger partial charge in [-0.3, -0.25) is 4.79 Å². The Morgan fingerprint density at radius 2 is 2.00 bits per heavy atom. The second kappa shape index (κ2) is 6.09. The fourth-order valence-corrected chi connectivity index (χ4v) is 4.98. The highest BCUT2D eigenvalue weighted by atomic mass is 16.1. The molecule has 0 saturated heterocycles. The number of anilines is 1. The van der Waals surface area contributed by atoms with E-state index in [0.29, 0.717) is 6.54 Å². The van der Waals surface area contributed by atoms with Gasteiger partial charge >= 0.3 is 0 Å². The molecule has 5 nitrogen and oxygen atoms in total. The summed E-state index contributed by atoms with van der Waals surface area (Å²) in [5.41, 5.74) is 7.84. The molecule has 5 rings (SSSR count). The number of imidazole rings is 1. The van der Waals surface area contributed by atoms with Gasteiger partial charge in [0.15, 0.2) is 0 Å². The molecule has 0 bridgehead atoms. The molecular weight excluding hydrogens is 348 g/mol. The maximum atomic E-state index is 12.8. The molecule has 0 radical (unpaired) electrons. The molecule has 2 N–H and O–H groups in total. The van der Waals surface area contributed by atoms with Gasteiger partial charge in [0, 0.05) is 24.7 Å². The summed E-state index contributed by atoms with van der Waals surface area (Å²) in [4.78, 5) is 17.6. The summed E-state index contributed by atoms with van der Waals surface area (Å²) >= 11 is 0. The lowest BCUT2D eigenvalue weighted by atomic mass is 9.82. The number of amides is 1. The predicted molar refractivity (Wildman–Crippen MR) is 112 cm³/mol. The first-order valence-corrected chi connectivity index (χ1v) is 10.1. The zero-order chi connectivity index (χ0) is 19.5. The van der Waals surface area contributed by atoms with Crippen molar-refractivity contribution in [1.29, 1.82) is 0 Å². The summed E-state index contributed by atoms with van der Waals surface area (Å²) in [6.07, 6.45) is 3.98. The van der Waals surface area contributed by atoms with Crippen molar-refractivity contribution < 1.29 is 4.79 Å². The summed E-state index contributed by atoms with van der Waals surface area (Å²) < 4.78 is 2.07. The quantitative estimate of drug-likeness (QED) is 0.721. The fourth-order valence-electron chi connectivity index (χ4n) is 4.98. The Bertz CT molecular complexity index is 1090. The van der Waals surface area contributed by atoms with Crippen LogP contribution in [0.3, 0.4) is 0 Å². The molecule has 144 valence electrons. The normalized spacial score (nSPS) is 16.7. The van der Waals surface area contributed by atoms with E-state index >= 15 is 0 Å².